The van der Waals surface area contributed by atoms with Crippen molar-refractivity contribution >= 4 is 11.0 Å². The Morgan fingerprint density at radius 1 is 1.26 bits per heavy atom. The fourth-order valence-electron chi connectivity index (χ4n) is 2.57. The van der Waals surface area contributed by atoms with Crippen LogP contribution >= 0.6 is 0 Å². The minimum Gasteiger partial charge on any atom is -0.392 e. The van der Waals surface area contributed by atoms with Crippen molar-refractivity contribution in [1.29, 1.82) is 0 Å². The second kappa shape index (κ2) is 5.69. The van der Waals surface area contributed by atoms with Gasteiger partial charge in [0, 0.05) is 49.5 Å². The van der Waals surface area contributed by atoms with Crippen molar-refractivity contribution in [2.45, 2.75) is 13.2 Å². The molecule has 1 saturated heterocycles. The zero-order valence-electron chi connectivity index (χ0n) is 11.0. The Bertz CT molecular complexity index is 547. The molecule has 0 amide bonds. The summed E-state index contributed by atoms with van der Waals surface area (Å²) >= 11 is 0. The number of fused-ring (bicyclic) bond motifs is 1. The first-order chi connectivity index (χ1) is 9.38. The Labute approximate surface area is 112 Å². The average molecular weight is 261 g/mol. The van der Waals surface area contributed by atoms with Crippen LogP contribution in [0, 0.1) is 0 Å². The van der Waals surface area contributed by atoms with E-state index < -0.39 is 0 Å². The first-order valence-electron chi connectivity index (χ1n) is 6.72. The molecule has 3 heterocycles. The third-order valence-electron chi connectivity index (χ3n) is 3.65. The first kappa shape index (κ1) is 12.6. The minimum absolute atomic E-state index is 0.0622. The molecule has 0 radical (unpaired) electrons. The third kappa shape index (κ3) is 2.63. The van der Waals surface area contributed by atoms with Gasteiger partial charge in [0.2, 0.25) is 0 Å². The number of rotatable bonds is 4. The lowest BCUT2D eigenvalue weighted by Crippen LogP contribution is -2.38. The fourth-order valence-corrected chi connectivity index (χ4v) is 2.57. The molecule has 5 nitrogen and oxygen atoms in total. The molecule has 2 aromatic rings. The van der Waals surface area contributed by atoms with Gasteiger partial charge in [0.05, 0.1) is 19.8 Å². The van der Waals surface area contributed by atoms with E-state index in [4.69, 9.17) is 4.74 Å². The lowest BCUT2D eigenvalue weighted by molar-refractivity contribution is 0.0365. The van der Waals surface area contributed by atoms with Crippen LogP contribution in [0.5, 0.6) is 0 Å². The van der Waals surface area contributed by atoms with Gasteiger partial charge in [-0.05, 0) is 12.1 Å². The molecule has 0 atom stereocenters. The van der Waals surface area contributed by atoms with Crippen LogP contribution in [-0.2, 0) is 17.9 Å². The second-order valence-corrected chi connectivity index (χ2v) is 4.83. The van der Waals surface area contributed by atoms with Gasteiger partial charge >= 0.3 is 0 Å². The molecule has 0 unspecified atom stereocenters. The molecular formula is C14H19N3O2. The summed E-state index contributed by atoms with van der Waals surface area (Å²) < 4.78 is 7.48. The van der Waals surface area contributed by atoms with E-state index in [-0.39, 0.29) is 6.61 Å². The van der Waals surface area contributed by atoms with E-state index in [2.05, 4.69) is 14.5 Å². The number of aromatic nitrogens is 2. The molecule has 2 aromatic heterocycles. The van der Waals surface area contributed by atoms with E-state index in [9.17, 15) is 5.11 Å². The van der Waals surface area contributed by atoms with Crippen LogP contribution in [-0.4, -0.2) is 52.4 Å². The molecular weight excluding hydrogens is 242 g/mol. The Morgan fingerprint density at radius 3 is 2.89 bits per heavy atom. The normalized spacial score (nSPS) is 17.1. The van der Waals surface area contributed by atoms with Crippen molar-refractivity contribution in [2.24, 2.45) is 0 Å². The molecule has 0 aliphatic carbocycles. The van der Waals surface area contributed by atoms with E-state index in [1.54, 1.807) is 6.20 Å². The lowest BCUT2D eigenvalue weighted by atomic mass is 10.2. The average Bonchev–Trinajstić information content (AvgIpc) is 2.84. The van der Waals surface area contributed by atoms with Crippen molar-refractivity contribution in [3.63, 3.8) is 0 Å². The molecule has 1 aliphatic heterocycles. The maximum Gasteiger partial charge on any atom is 0.140 e. The largest absolute Gasteiger partial charge is 0.392 e. The number of nitrogens with zero attached hydrogens (tertiary/aromatic N) is 3. The molecule has 3 rings (SSSR count). The number of ether oxygens (including phenoxy) is 1. The standard InChI is InChI=1S/C14H19N3O2/c18-11-12-10-17(14-13(12)2-1-3-15-14)5-4-16-6-8-19-9-7-16/h1-3,10,18H,4-9,11H2. The molecule has 0 bridgehead atoms. The number of hydrogen-bond acceptors (Lipinski definition) is 4. The van der Waals surface area contributed by atoms with E-state index in [1.165, 1.54) is 0 Å². The molecule has 19 heavy (non-hydrogen) atoms. The summed E-state index contributed by atoms with van der Waals surface area (Å²) in [5, 5.41) is 10.4. The van der Waals surface area contributed by atoms with Crippen LogP contribution < -0.4 is 0 Å². The second-order valence-electron chi connectivity index (χ2n) is 4.83. The van der Waals surface area contributed by atoms with Crippen molar-refractivity contribution in [3.05, 3.63) is 30.1 Å². The Balaban J connectivity index is 1.76. The highest BCUT2D eigenvalue weighted by Gasteiger charge is 2.12. The van der Waals surface area contributed by atoms with Crippen LogP contribution in [0.2, 0.25) is 0 Å². The van der Waals surface area contributed by atoms with Gasteiger partial charge in [-0.25, -0.2) is 4.98 Å². The minimum atomic E-state index is 0.0622. The summed E-state index contributed by atoms with van der Waals surface area (Å²) in [6, 6.07) is 3.92. The van der Waals surface area contributed by atoms with Gasteiger partial charge in [-0.2, -0.15) is 0 Å². The molecule has 1 aliphatic rings. The van der Waals surface area contributed by atoms with Gasteiger partial charge in [0.25, 0.3) is 0 Å². The number of hydrogen-bond donors (Lipinski definition) is 1. The summed E-state index contributed by atoms with van der Waals surface area (Å²) in [6.07, 6.45) is 3.81. The topological polar surface area (TPSA) is 50.5 Å². The number of pyridine rings is 1. The summed E-state index contributed by atoms with van der Waals surface area (Å²) in [5.74, 6) is 0. The van der Waals surface area contributed by atoms with Gasteiger partial charge in [-0.3, -0.25) is 4.90 Å². The zero-order chi connectivity index (χ0) is 13.1. The number of morpholine rings is 1. The number of aliphatic hydroxyl groups excluding tert-OH is 1. The van der Waals surface area contributed by atoms with Gasteiger partial charge in [0.1, 0.15) is 5.65 Å². The van der Waals surface area contributed by atoms with Gasteiger partial charge in [0.15, 0.2) is 0 Å². The molecule has 0 saturated carbocycles. The van der Waals surface area contributed by atoms with Crippen LogP contribution in [0.4, 0.5) is 0 Å². The smallest absolute Gasteiger partial charge is 0.140 e. The highest BCUT2D eigenvalue weighted by Crippen LogP contribution is 2.19. The highest BCUT2D eigenvalue weighted by molar-refractivity contribution is 5.80. The Kier molecular flexibility index (Phi) is 3.77. The van der Waals surface area contributed by atoms with Crippen LogP contribution in [0.3, 0.4) is 0 Å². The van der Waals surface area contributed by atoms with E-state index >= 15 is 0 Å². The van der Waals surface area contributed by atoms with Crippen LogP contribution in [0.25, 0.3) is 11.0 Å². The highest BCUT2D eigenvalue weighted by atomic mass is 16.5. The van der Waals surface area contributed by atoms with Gasteiger partial charge in [-0.1, -0.05) is 0 Å². The quantitative estimate of drug-likeness (QED) is 0.887. The molecule has 0 aromatic carbocycles. The zero-order valence-corrected chi connectivity index (χ0v) is 11.0. The summed E-state index contributed by atoms with van der Waals surface area (Å²) in [4.78, 5) is 6.82. The Hall–Kier alpha value is -1.43. The number of aliphatic hydroxyl groups is 1. The van der Waals surface area contributed by atoms with Crippen molar-refractivity contribution in [1.82, 2.24) is 14.5 Å². The van der Waals surface area contributed by atoms with E-state index in [1.807, 2.05) is 18.3 Å². The molecule has 5 heteroatoms. The third-order valence-corrected chi connectivity index (χ3v) is 3.65. The van der Waals surface area contributed by atoms with Crippen molar-refractivity contribution in [2.75, 3.05) is 32.8 Å². The first-order valence-corrected chi connectivity index (χ1v) is 6.72. The van der Waals surface area contributed by atoms with Gasteiger partial charge in [-0.15, -0.1) is 0 Å². The van der Waals surface area contributed by atoms with E-state index in [0.717, 1.165) is 56.0 Å². The maximum absolute atomic E-state index is 9.40. The Morgan fingerprint density at radius 2 is 2.11 bits per heavy atom. The fraction of sp³-hybridized carbons (Fsp3) is 0.500. The van der Waals surface area contributed by atoms with Crippen LogP contribution in [0.1, 0.15) is 5.56 Å². The summed E-state index contributed by atoms with van der Waals surface area (Å²) in [7, 11) is 0. The molecule has 102 valence electrons. The molecule has 0 spiro atoms. The summed E-state index contributed by atoms with van der Waals surface area (Å²) in [6.45, 7) is 5.60. The van der Waals surface area contributed by atoms with Gasteiger partial charge < -0.3 is 14.4 Å². The monoisotopic (exact) mass is 261 g/mol. The molecule has 1 fully saturated rings. The molecule has 1 N–H and O–H groups in total. The SMILES string of the molecule is OCc1cn(CCN2CCOCC2)c2ncccc12. The van der Waals surface area contributed by atoms with Crippen molar-refractivity contribution < 1.29 is 9.84 Å². The maximum atomic E-state index is 9.40. The predicted molar refractivity (Wildman–Crippen MR) is 72.9 cm³/mol. The van der Waals surface area contributed by atoms with E-state index in [0.29, 0.717) is 0 Å². The van der Waals surface area contributed by atoms with Crippen molar-refractivity contribution in [3.8, 4) is 0 Å². The van der Waals surface area contributed by atoms with Crippen LogP contribution in [0.15, 0.2) is 24.5 Å². The predicted octanol–water partition coefficient (Wildman–Crippen LogP) is 0.861. The summed E-state index contributed by atoms with van der Waals surface area (Å²) in [5.41, 5.74) is 1.91. The lowest BCUT2D eigenvalue weighted by Gasteiger charge is -2.26.